The van der Waals surface area contributed by atoms with Gasteiger partial charge in [-0.3, -0.25) is 0 Å². The number of morpholine rings is 1. The van der Waals surface area contributed by atoms with Gasteiger partial charge in [-0.05, 0) is 45.5 Å². The molecule has 1 fully saturated rings. The van der Waals surface area contributed by atoms with E-state index >= 15 is 0 Å². The van der Waals surface area contributed by atoms with Crippen LogP contribution in [0.2, 0.25) is 0 Å². The number of nitrogens with one attached hydrogen (secondary N) is 1. The molecule has 0 bridgehead atoms. The van der Waals surface area contributed by atoms with E-state index in [0.717, 1.165) is 5.56 Å². The van der Waals surface area contributed by atoms with Crippen molar-refractivity contribution < 1.29 is 13.2 Å². The summed E-state index contributed by atoms with van der Waals surface area (Å²) >= 11 is 0. The number of sulfonamides is 1. The first-order valence-corrected chi connectivity index (χ1v) is 8.71. The molecule has 1 N–H and O–H groups in total. The van der Waals surface area contributed by atoms with E-state index in [1.807, 2.05) is 40.0 Å². The number of rotatable bonds is 4. The van der Waals surface area contributed by atoms with Crippen molar-refractivity contribution in [2.75, 3.05) is 20.2 Å². The summed E-state index contributed by atoms with van der Waals surface area (Å²) in [4.78, 5) is 0.343. The molecule has 0 amide bonds. The number of ether oxygens (including phenoxy) is 1. The SMILES string of the molecule is CNC(C)c1ccc(S(=O)(=O)N2CC(C)OCC2C)cc1. The highest BCUT2D eigenvalue weighted by Crippen LogP contribution is 2.23. The molecule has 1 heterocycles. The smallest absolute Gasteiger partial charge is 0.243 e. The molecule has 1 aromatic carbocycles. The minimum atomic E-state index is -3.46. The van der Waals surface area contributed by atoms with Crippen molar-refractivity contribution in [2.45, 2.75) is 43.9 Å². The van der Waals surface area contributed by atoms with Crippen LogP contribution in [0.15, 0.2) is 29.2 Å². The fourth-order valence-electron chi connectivity index (χ4n) is 2.44. The molecule has 2 rings (SSSR count). The lowest BCUT2D eigenvalue weighted by atomic mass is 10.1. The Kier molecular flexibility index (Phi) is 5.03. The van der Waals surface area contributed by atoms with E-state index < -0.39 is 10.0 Å². The van der Waals surface area contributed by atoms with E-state index in [0.29, 0.717) is 18.0 Å². The number of benzene rings is 1. The summed E-state index contributed by atoms with van der Waals surface area (Å²) in [6.07, 6.45) is -0.0699. The third-order valence-electron chi connectivity index (χ3n) is 3.97. The Morgan fingerprint density at radius 3 is 2.48 bits per heavy atom. The molecule has 1 saturated heterocycles. The summed E-state index contributed by atoms with van der Waals surface area (Å²) in [5, 5.41) is 3.14. The largest absolute Gasteiger partial charge is 0.375 e. The van der Waals surface area contributed by atoms with Crippen molar-refractivity contribution >= 4 is 10.0 Å². The van der Waals surface area contributed by atoms with Gasteiger partial charge in [0.25, 0.3) is 0 Å². The zero-order valence-corrected chi connectivity index (χ0v) is 13.9. The molecule has 0 aromatic heterocycles. The van der Waals surface area contributed by atoms with Gasteiger partial charge in [0.15, 0.2) is 0 Å². The molecule has 1 aromatic rings. The lowest BCUT2D eigenvalue weighted by Gasteiger charge is -2.35. The normalized spacial score (nSPS) is 25.7. The van der Waals surface area contributed by atoms with Gasteiger partial charge in [0, 0.05) is 18.6 Å². The van der Waals surface area contributed by atoms with Crippen molar-refractivity contribution in [3.05, 3.63) is 29.8 Å². The van der Waals surface area contributed by atoms with E-state index in [-0.39, 0.29) is 18.2 Å². The van der Waals surface area contributed by atoms with Gasteiger partial charge in [0.2, 0.25) is 10.0 Å². The van der Waals surface area contributed by atoms with Crippen LogP contribution in [0.5, 0.6) is 0 Å². The third kappa shape index (κ3) is 3.45. The van der Waals surface area contributed by atoms with Crippen molar-refractivity contribution in [3.8, 4) is 0 Å². The Morgan fingerprint density at radius 2 is 1.90 bits per heavy atom. The molecule has 5 nitrogen and oxygen atoms in total. The zero-order chi connectivity index (χ0) is 15.6. The van der Waals surface area contributed by atoms with Crippen LogP contribution in [0.1, 0.15) is 32.4 Å². The first-order valence-electron chi connectivity index (χ1n) is 7.27. The maximum atomic E-state index is 12.7. The van der Waals surface area contributed by atoms with Crippen LogP contribution >= 0.6 is 0 Å². The lowest BCUT2D eigenvalue weighted by molar-refractivity contribution is -0.0170. The molecule has 3 atom stereocenters. The molecule has 21 heavy (non-hydrogen) atoms. The summed E-state index contributed by atoms with van der Waals surface area (Å²) in [5.41, 5.74) is 1.07. The number of hydrogen-bond acceptors (Lipinski definition) is 4. The molecule has 1 aliphatic heterocycles. The molecule has 0 radical (unpaired) electrons. The second kappa shape index (κ2) is 6.44. The number of nitrogens with zero attached hydrogens (tertiary/aromatic N) is 1. The van der Waals surface area contributed by atoms with E-state index in [1.54, 1.807) is 12.1 Å². The van der Waals surface area contributed by atoms with Crippen LogP contribution in [0, 0.1) is 0 Å². The van der Waals surface area contributed by atoms with Crippen molar-refractivity contribution in [1.29, 1.82) is 0 Å². The van der Waals surface area contributed by atoms with Gasteiger partial charge in [0.05, 0.1) is 17.6 Å². The Labute approximate surface area is 127 Å². The second-order valence-electron chi connectivity index (χ2n) is 5.65. The van der Waals surface area contributed by atoms with Crippen LogP contribution in [-0.4, -0.2) is 45.1 Å². The fraction of sp³-hybridized carbons (Fsp3) is 0.600. The Hall–Kier alpha value is -0.950. The van der Waals surface area contributed by atoms with Gasteiger partial charge in [-0.15, -0.1) is 0 Å². The molecule has 0 aliphatic carbocycles. The molecule has 1 aliphatic rings. The minimum absolute atomic E-state index is 0.0699. The highest BCUT2D eigenvalue weighted by atomic mass is 32.2. The lowest BCUT2D eigenvalue weighted by Crippen LogP contribution is -2.50. The van der Waals surface area contributed by atoms with E-state index in [4.69, 9.17) is 4.74 Å². The summed E-state index contributed by atoms with van der Waals surface area (Å²) in [5.74, 6) is 0. The minimum Gasteiger partial charge on any atom is -0.375 e. The molecular weight excluding hydrogens is 288 g/mol. The average Bonchev–Trinajstić information content (AvgIpc) is 2.49. The fourth-order valence-corrected chi connectivity index (χ4v) is 4.13. The second-order valence-corrected chi connectivity index (χ2v) is 7.54. The quantitative estimate of drug-likeness (QED) is 0.920. The van der Waals surface area contributed by atoms with Crippen LogP contribution in [-0.2, 0) is 14.8 Å². The highest BCUT2D eigenvalue weighted by Gasteiger charge is 2.34. The molecular formula is C15H24N2O3S. The van der Waals surface area contributed by atoms with Crippen LogP contribution in [0.3, 0.4) is 0 Å². The monoisotopic (exact) mass is 312 g/mol. The van der Waals surface area contributed by atoms with Crippen molar-refractivity contribution in [3.63, 3.8) is 0 Å². The van der Waals surface area contributed by atoms with Gasteiger partial charge in [-0.25, -0.2) is 8.42 Å². The topological polar surface area (TPSA) is 58.6 Å². The zero-order valence-electron chi connectivity index (χ0n) is 13.0. The Bertz CT molecular complexity index is 571. The standard InChI is InChI=1S/C15H24N2O3S/c1-11-10-20-12(2)9-17(11)21(18,19)15-7-5-14(6-8-15)13(3)16-4/h5-8,11-13,16H,9-10H2,1-4H3. The summed E-state index contributed by atoms with van der Waals surface area (Å²) in [7, 11) is -1.58. The maximum absolute atomic E-state index is 12.7. The van der Waals surface area contributed by atoms with Crippen molar-refractivity contribution in [1.82, 2.24) is 9.62 Å². The van der Waals surface area contributed by atoms with Gasteiger partial charge < -0.3 is 10.1 Å². The van der Waals surface area contributed by atoms with Crippen LogP contribution in [0.4, 0.5) is 0 Å². The average molecular weight is 312 g/mol. The Morgan fingerprint density at radius 1 is 1.29 bits per heavy atom. The summed E-state index contributed by atoms with van der Waals surface area (Å²) in [6.45, 7) is 6.65. The predicted octanol–water partition coefficient (Wildman–Crippen LogP) is 1.76. The van der Waals surface area contributed by atoms with Crippen LogP contribution in [0.25, 0.3) is 0 Å². The molecule has 6 heteroatoms. The van der Waals surface area contributed by atoms with Crippen molar-refractivity contribution in [2.24, 2.45) is 0 Å². The van der Waals surface area contributed by atoms with E-state index in [2.05, 4.69) is 5.32 Å². The van der Waals surface area contributed by atoms with Gasteiger partial charge in [-0.1, -0.05) is 12.1 Å². The van der Waals surface area contributed by atoms with Gasteiger partial charge >= 0.3 is 0 Å². The predicted molar refractivity (Wildman–Crippen MR) is 82.7 cm³/mol. The number of hydrogen-bond donors (Lipinski definition) is 1. The molecule has 0 spiro atoms. The first kappa shape index (κ1) is 16.4. The molecule has 0 saturated carbocycles. The molecule has 118 valence electrons. The first-order chi connectivity index (χ1) is 9.86. The third-order valence-corrected chi connectivity index (χ3v) is 5.96. The summed E-state index contributed by atoms with van der Waals surface area (Å²) in [6, 6.07) is 7.16. The Balaban J connectivity index is 2.26. The van der Waals surface area contributed by atoms with E-state index in [9.17, 15) is 8.42 Å². The van der Waals surface area contributed by atoms with Gasteiger partial charge in [-0.2, -0.15) is 4.31 Å². The van der Waals surface area contributed by atoms with Crippen LogP contribution < -0.4 is 5.32 Å². The van der Waals surface area contributed by atoms with Gasteiger partial charge in [0.1, 0.15) is 0 Å². The highest BCUT2D eigenvalue weighted by molar-refractivity contribution is 7.89. The molecule has 3 unspecified atom stereocenters. The van der Waals surface area contributed by atoms with E-state index in [1.165, 1.54) is 4.31 Å². The summed E-state index contributed by atoms with van der Waals surface area (Å²) < 4.78 is 32.5. The maximum Gasteiger partial charge on any atom is 0.243 e.